The summed E-state index contributed by atoms with van der Waals surface area (Å²) in [4.78, 5) is 25.3. The van der Waals surface area contributed by atoms with Gasteiger partial charge in [-0.15, -0.1) is 0 Å². The van der Waals surface area contributed by atoms with Crippen molar-refractivity contribution in [1.82, 2.24) is 0 Å². The lowest BCUT2D eigenvalue weighted by Crippen LogP contribution is -2.19. The van der Waals surface area contributed by atoms with Gasteiger partial charge in [-0.05, 0) is 76.3 Å². The maximum atomic E-state index is 13.0. The second-order valence-corrected chi connectivity index (χ2v) is 15.7. The highest BCUT2D eigenvalue weighted by atomic mass is 32.2. The standard InChI is InChI=1S/C44H74O7S/c1-3-5-7-9-11-13-15-17-19-21-23-25-27-29-31-33-38-50-43(45)40-36-35-37-41(52(47,48)49)42(40)44(46)51-39-34-32-30-28-26-24-22-20-18-16-14-12-10-8-6-4-2/h13-16,35-37H,3-12,17-34,38-39H2,1-2H3,(H,47,48,49)/b15-13+,16-14+. The van der Waals surface area contributed by atoms with Gasteiger partial charge in [-0.1, -0.05) is 160 Å². The Morgan fingerprint density at radius 2 is 0.865 bits per heavy atom. The zero-order valence-electron chi connectivity index (χ0n) is 33.1. The third-order valence-corrected chi connectivity index (χ3v) is 10.4. The number of allylic oxidation sites excluding steroid dienone is 4. The molecule has 0 unspecified atom stereocenters. The molecule has 298 valence electrons. The molecule has 1 rings (SSSR count). The molecule has 1 aromatic rings. The third kappa shape index (κ3) is 25.5. The van der Waals surface area contributed by atoms with E-state index in [0.29, 0.717) is 12.8 Å². The lowest BCUT2D eigenvalue weighted by Gasteiger charge is -2.13. The number of esters is 2. The van der Waals surface area contributed by atoms with Crippen LogP contribution in [0, 0.1) is 0 Å². The van der Waals surface area contributed by atoms with Crippen LogP contribution in [0.3, 0.4) is 0 Å². The molecule has 0 atom stereocenters. The summed E-state index contributed by atoms with van der Waals surface area (Å²) in [5.41, 5.74) is -0.683. The number of hydrogen-bond acceptors (Lipinski definition) is 6. The van der Waals surface area contributed by atoms with Gasteiger partial charge in [0.25, 0.3) is 10.1 Å². The molecule has 0 saturated heterocycles. The number of benzene rings is 1. The van der Waals surface area contributed by atoms with Gasteiger partial charge in [0.05, 0.1) is 24.3 Å². The molecule has 1 aromatic carbocycles. The molecule has 0 aliphatic rings. The number of unbranched alkanes of at least 4 members (excludes halogenated alkanes) is 24. The van der Waals surface area contributed by atoms with E-state index < -0.39 is 32.5 Å². The summed E-state index contributed by atoms with van der Waals surface area (Å²) in [7, 11) is -4.76. The minimum atomic E-state index is -4.76. The lowest BCUT2D eigenvalue weighted by molar-refractivity contribution is 0.0446. The van der Waals surface area contributed by atoms with E-state index in [2.05, 4.69) is 38.2 Å². The molecule has 1 N–H and O–H groups in total. The molecular formula is C44H74O7S. The molecule has 0 radical (unpaired) electrons. The van der Waals surface area contributed by atoms with E-state index >= 15 is 0 Å². The molecule has 0 spiro atoms. The summed E-state index contributed by atoms with van der Waals surface area (Å²) in [6.45, 7) is 4.76. The minimum Gasteiger partial charge on any atom is -0.462 e. The SMILES string of the molecule is CCCCCC/C=C/CCCCCCCCCCOC(=O)c1cccc(S(=O)(=O)O)c1C(=O)OCCCCCCCCCC/C=C/CCCCCC. The molecule has 0 aliphatic heterocycles. The van der Waals surface area contributed by atoms with E-state index in [1.807, 2.05) is 0 Å². The lowest BCUT2D eigenvalue weighted by atomic mass is 10.1. The Balaban J connectivity index is 2.27. The van der Waals surface area contributed by atoms with Crippen molar-refractivity contribution in [3.05, 3.63) is 53.6 Å². The first kappa shape index (κ1) is 47.6. The predicted molar refractivity (Wildman–Crippen MR) is 216 cm³/mol. The van der Waals surface area contributed by atoms with Crippen LogP contribution in [0.1, 0.15) is 214 Å². The van der Waals surface area contributed by atoms with Crippen LogP contribution in [-0.4, -0.2) is 38.1 Å². The second-order valence-electron chi connectivity index (χ2n) is 14.3. The van der Waals surface area contributed by atoms with Gasteiger partial charge < -0.3 is 9.47 Å². The van der Waals surface area contributed by atoms with Gasteiger partial charge >= 0.3 is 11.9 Å². The first-order chi connectivity index (χ1) is 25.3. The van der Waals surface area contributed by atoms with Gasteiger partial charge in [-0.3, -0.25) is 4.55 Å². The fourth-order valence-corrected chi connectivity index (χ4v) is 7.01. The number of carbonyl (C=O) groups excluding carboxylic acids is 2. The van der Waals surface area contributed by atoms with Crippen molar-refractivity contribution in [2.75, 3.05) is 13.2 Å². The van der Waals surface area contributed by atoms with Crippen molar-refractivity contribution in [3.63, 3.8) is 0 Å². The van der Waals surface area contributed by atoms with E-state index in [-0.39, 0.29) is 18.8 Å². The first-order valence-corrected chi connectivity index (χ1v) is 22.5. The average Bonchev–Trinajstić information content (AvgIpc) is 3.13. The maximum Gasteiger partial charge on any atom is 0.340 e. The molecule has 0 amide bonds. The summed E-state index contributed by atoms with van der Waals surface area (Å²) < 4.78 is 44.7. The highest BCUT2D eigenvalue weighted by molar-refractivity contribution is 7.86. The molecule has 0 saturated carbocycles. The first-order valence-electron chi connectivity index (χ1n) is 21.1. The molecule has 0 bridgehead atoms. The minimum absolute atomic E-state index is 0.105. The van der Waals surface area contributed by atoms with Gasteiger partial charge in [0, 0.05) is 0 Å². The molecule has 52 heavy (non-hydrogen) atoms. The number of rotatable bonds is 35. The van der Waals surface area contributed by atoms with E-state index in [4.69, 9.17) is 9.47 Å². The molecular weight excluding hydrogens is 673 g/mol. The normalized spacial score (nSPS) is 11.9. The Morgan fingerprint density at radius 3 is 1.25 bits per heavy atom. The van der Waals surface area contributed by atoms with E-state index in [0.717, 1.165) is 51.0 Å². The maximum absolute atomic E-state index is 13.0. The monoisotopic (exact) mass is 747 g/mol. The average molecular weight is 747 g/mol. The van der Waals surface area contributed by atoms with Crippen molar-refractivity contribution in [2.24, 2.45) is 0 Å². The summed E-state index contributed by atoms with van der Waals surface area (Å²) >= 11 is 0. The second kappa shape index (κ2) is 33.1. The largest absolute Gasteiger partial charge is 0.462 e. The Kier molecular flexibility index (Phi) is 30.3. The Hall–Kier alpha value is -2.45. The highest BCUT2D eigenvalue weighted by Crippen LogP contribution is 2.23. The van der Waals surface area contributed by atoms with E-state index in [9.17, 15) is 22.6 Å². The van der Waals surface area contributed by atoms with Crippen LogP contribution >= 0.6 is 0 Å². The van der Waals surface area contributed by atoms with Crippen molar-refractivity contribution < 1.29 is 32.0 Å². The molecule has 0 heterocycles. The van der Waals surface area contributed by atoms with Crippen LogP contribution in [0.5, 0.6) is 0 Å². The van der Waals surface area contributed by atoms with Crippen LogP contribution in [0.25, 0.3) is 0 Å². The van der Waals surface area contributed by atoms with Crippen LogP contribution in [0.4, 0.5) is 0 Å². The zero-order valence-corrected chi connectivity index (χ0v) is 33.9. The summed E-state index contributed by atoms with van der Waals surface area (Å²) in [6.07, 6.45) is 41.9. The van der Waals surface area contributed by atoms with Gasteiger partial charge in [0.2, 0.25) is 0 Å². The topological polar surface area (TPSA) is 107 Å². The van der Waals surface area contributed by atoms with Crippen LogP contribution in [0.15, 0.2) is 47.4 Å². The van der Waals surface area contributed by atoms with E-state index in [1.165, 1.54) is 134 Å². The highest BCUT2D eigenvalue weighted by Gasteiger charge is 2.28. The molecule has 0 aromatic heterocycles. The Morgan fingerprint density at radius 1 is 0.519 bits per heavy atom. The predicted octanol–water partition coefficient (Wildman–Crippen LogP) is 13.3. The van der Waals surface area contributed by atoms with Crippen molar-refractivity contribution in [2.45, 2.75) is 199 Å². The number of carbonyl (C=O) groups is 2. The van der Waals surface area contributed by atoms with Crippen molar-refractivity contribution in [3.8, 4) is 0 Å². The summed E-state index contributed by atoms with van der Waals surface area (Å²) in [6, 6.07) is 3.75. The van der Waals surface area contributed by atoms with Crippen molar-refractivity contribution in [1.29, 1.82) is 0 Å². The third-order valence-electron chi connectivity index (χ3n) is 9.51. The van der Waals surface area contributed by atoms with Gasteiger partial charge in [-0.2, -0.15) is 8.42 Å². The van der Waals surface area contributed by atoms with Crippen LogP contribution in [-0.2, 0) is 19.6 Å². The molecule has 0 aliphatic carbocycles. The summed E-state index contributed by atoms with van der Waals surface area (Å²) in [5.74, 6) is -1.75. The summed E-state index contributed by atoms with van der Waals surface area (Å²) in [5, 5.41) is 0. The van der Waals surface area contributed by atoms with Crippen molar-refractivity contribution >= 4 is 22.1 Å². The fourth-order valence-electron chi connectivity index (χ4n) is 6.31. The molecule has 0 fully saturated rings. The number of ether oxygens (including phenoxy) is 2. The molecule has 8 heteroatoms. The smallest absolute Gasteiger partial charge is 0.340 e. The number of hydrogen-bond donors (Lipinski definition) is 1. The quantitative estimate of drug-likeness (QED) is 0.0319. The Labute approximate surface area is 318 Å². The fraction of sp³-hybridized carbons (Fsp3) is 0.727. The zero-order chi connectivity index (χ0) is 38.0. The Bertz CT molecular complexity index is 1200. The van der Waals surface area contributed by atoms with Gasteiger partial charge in [0.15, 0.2) is 0 Å². The van der Waals surface area contributed by atoms with Gasteiger partial charge in [-0.25, -0.2) is 9.59 Å². The molecule has 7 nitrogen and oxygen atoms in total. The van der Waals surface area contributed by atoms with Crippen LogP contribution < -0.4 is 0 Å². The van der Waals surface area contributed by atoms with Gasteiger partial charge in [0.1, 0.15) is 4.90 Å². The van der Waals surface area contributed by atoms with Crippen LogP contribution in [0.2, 0.25) is 0 Å². The van der Waals surface area contributed by atoms with E-state index in [1.54, 1.807) is 0 Å².